The number of halogens is 1. The highest BCUT2D eigenvalue weighted by molar-refractivity contribution is 7.98. The summed E-state index contributed by atoms with van der Waals surface area (Å²) in [4.78, 5) is 30.0. The molecular weight excluding hydrogens is 511 g/mol. The van der Waals surface area contributed by atoms with Crippen molar-refractivity contribution in [1.82, 2.24) is 20.3 Å². The molecule has 5 rings (SSSR count). The maximum absolute atomic E-state index is 14.7. The molecule has 39 heavy (non-hydrogen) atoms. The molecule has 1 aromatic carbocycles. The second-order valence-electron chi connectivity index (χ2n) is 10.4. The Morgan fingerprint density at radius 1 is 1.08 bits per heavy atom. The van der Waals surface area contributed by atoms with Crippen molar-refractivity contribution < 1.29 is 9.18 Å². The molecule has 0 bridgehead atoms. The number of benzene rings is 1. The van der Waals surface area contributed by atoms with Crippen LogP contribution in [0.5, 0.6) is 0 Å². The van der Waals surface area contributed by atoms with Crippen LogP contribution in [0.3, 0.4) is 0 Å². The Labute approximate surface area is 232 Å². The Balaban J connectivity index is 1.36. The standard InChI is InChI=1S/C30H33FN6OS/c1-18-6-19(2)17-37(16-18)29-11-23(31)10-28(36-29)26-5-4-21-14-33-24(12-27(21)35-26)15-34-30(38)22-7-20(13-32)8-25(9-22)39-3/h4-5,7-12,14,18-19H,6,13,15-17,32H2,1-3H3,(H,34,38). The molecule has 3 aromatic heterocycles. The third-order valence-electron chi connectivity index (χ3n) is 6.99. The van der Waals surface area contributed by atoms with Gasteiger partial charge < -0.3 is 16.0 Å². The molecule has 2 unspecified atom stereocenters. The summed E-state index contributed by atoms with van der Waals surface area (Å²) >= 11 is 1.57. The number of thioether (sulfide) groups is 1. The van der Waals surface area contributed by atoms with E-state index >= 15 is 0 Å². The van der Waals surface area contributed by atoms with Gasteiger partial charge in [0.25, 0.3) is 5.91 Å². The molecule has 0 aliphatic carbocycles. The van der Waals surface area contributed by atoms with Crippen molar-refractivity contribution in [1.29, 1.82) is 0 Å². The van der Waals surface area contributed by atoms with Crippen molar-refractivity contribution >= 4 is 34.4 Å². The van der Waals surface area contributed by atoms with Crippen LogP contribution >= 0.6 is 11.8 Å². The Kier molecular flexibility index (Phi) is 8.09. The van der Waals surface area contributed by atoms with Gasteiger partial charge in [-0.1, -0.05) is 13.8 Å². The lowest BCUT2D eigenvalue weighted by molar-refractivity contribution is 0.0950. The van der Waals surface area contributed by atoms with E-state index < -0.39 is 0 Å². The van der Waals surface area contributed by atoms with Crippen LogP contribution in [-0.2, 0) is 13.1 Å². The number of fused-ring (bicyclic) bond motifs is 1. The van der Waals surface area contributed by atoms with Crippen molar-refractivity contribution in [3.63, 3.8) is 0 Å². The van der Waals surface area contributed by atoms with E-state index in [4.69, 9.17) is 15.7 Å². The molecule has 9 heteroatoms. The Hall–Kier alpha value is -3.56. The smallest absolute Gasteiger partial charge is 0.251 e. The number of anilines is 1. The van der Waals surface area contributed by atoms with Gasteiger partial charge >= 0.3 is 0 Å². The van der Waals surface area contributed by atoms with E-state index in [2.05, 4.69) is 29.0 Å². The van der Waals surface area contributed by atoms with Crippen LogP contribution < -0.4 is 16.0 Å². The number of aromatic nitrogens is 3. The molecule has 1 fully saturated rings. The third kappa shape index (κ3) is 6.37. The summed E-state index contributed by atoms with van der Waals surface area (Å²) in [7, 11) is 0. The van der Waals surface area contributed by atoms with Crippen LogP contribution in [0.4, 0.5) is 10.2 Å². The van der Waals surface area contributed by atoms with Gasteiger partial charge in [-0.25, -0.2) is 14.4 Å². The lowest BCUT2D eigenvalue weighted by atomic mass is 9.92. The highest BCUT2D eigenvalue weighted by atomic mass is 32.2. The van der Waals surface area contributed by atoms with E-state index in [1.54, 1.807) is 18.0 Å². The average molecular weight is 545 g/mol. The topological polar surface area (TPSA) is 97.0 Å². The maximum Gasteiger partial charge on any atom is 0.251 e. The molecule has 2 atom stereocenters. The minimum atomic E-state index is -0.329. The Bertz CT molecular complexity index is 1480. The number of nitrogens with zero attached hydrogens (tertiary/aromatic N) is 4. The number of hydrogen-bond acceptors (Lipinski definition) is 7. The van der Waals surface area contributed by atoms with Gasteiger partial charge in [0, 0.05) is 53.8 Å². The van der Waals surface area contributed by atoms with Gasteiger partial charge in [0.2, 0.25) is 0 Å². The van der Waals surface area contributed by atoms with Crippen LogP contribution in [0.15, 0.2) is 59.6 Å². The fraction of sp³-hybridized carbons (Fsp3) is 0.333. The number of pyridine rings is 3. The second-order valence-corrected chi connectivity index (χ2v) is 11.3. The van der Waals surface area contributed by atoms with E-state index in [1.165, 1.54) is 18.6 Å². The van der Waals surface area contributed by atoms with Gasteiger partial charge in [0.05, 0.1) is 29.1 Å². The second kappa shape index (κ2) is 11.7. The third-order valence-corrected chi connectivity index (χ3v) is 7.70. The molecular formula is C30H33FN6OS. The SMILES string of the molecule is CSc1cc(CN)cc(C(=O)NCc2cc3nc(-c4cc(F)cc(N5CC(C)CC(C)C5)n4)ccc3cn2)c1. The van der Waals surface area contributed by atoms with Crippen LogP contribution in [0, 0.1) is 17.7 Å². The summed E-state index contributed by atoms with van der Waals surface area (Å²) in [5, 5.41) is 3.79. The fourth-order valence-electron chi connectivity index (χ4n) is 5.22. The van der Waals surface area contributed by atoms with Gasteiger partial charge in [-0.3, -0.25) is 9.78 Å². The molecule has 1 amide bonds. The molecule has 4 heterocycles. The molecule has 0 saturated carbocycles. The predicted octanol–water partition coefficient (Wildman–Crippen LogP) is 5.42. The monoisotopic (exact) mass is 544 g/mol. The van der Waals surface area contributed by atoms with Crippen LogP contribution in [-0.4, -0.2) is 40.2 Å². The van der Waals surface area contributed by atoms with Crippen molar-refractivity contribution in [3.05, 3.63) is 77.4 Å². The van der Waals surface area contributed by atoms with Gasteiger partial charge in [-0.05, 0) is 66.5 Å². The normalized spacial score (nSPS) is 17.4. The van der Waals surface area contributed by atoms with E-state index in [0.29, 0.717) is 52.4 Å². The minimum absolute atomic E-state index is 0.193. The number of rotatable bonds is 7. The van der Waals surface area contributed by atoms with E-state index in [1.807, 2.05) is 42.7 Å². The lowest BCUT2D eigenvalue weighted by Crippen LogP contribution is -2.39. The number of amides is 1. The zero-order chi connectivity index (χ0) is 27.5. The highest BCUT2D eigenvalue weighted by Gasteiger charge is 2.23. The zero-order valence-corrected chi connectivity index (χ0v) is 23.3. The lowest BCUT2D eigenvalue weighted by Gasteiger charge is -2.36. The van der Waals surface area contributed by atoms with Crippen molar-refractivity contribution in [2.75, 3.05) is 24.2 Å². The van der Waals surface area contributed by atoms with Crippen molar-refractivity contribution in [2.45, 2.75) is 38.3 Å². The summed E-state index contributed by atoms with van der Waals surface area (Å²) < 4.78 is 14.7. The number of hydrogen-bond donors (Lipinski definition) is 2. The van der Waals surface area contributed by atoms with Gasteiger partial charge in [-0.15, -0.1) is 11.8 Å². The van der Waals surface area contributed by atoms with E-state index in [0.717, 1.165) is 28.9 Å². The Morgan fingerprint density at radius 2 is 1.87 bits per heavy atom. The zero-order valence-electron chi connectivity index (χ0n) is 22.4. The van der Waals surface area contributed by atoms with Crippen molar-refractivity contribution in [2.24, 2.45) is 17.6 Å². The van der Waals surface area contributed by atoms with E-state index in [9.17, 15) is 9.18 Å². The number of carbonyl (C=O) groups excluding carboxylic acids is 1. The van der Waals surface area contributed by atoms with Crippen LogP contribution in [0.1, 0.15) is 41.9 Å². The number of nitrogens with one attached hydrogen (secondary N) is 1. The first-order chi connectivity index (χ1) is 18.8. The summed E-state index contributed by atoms with van der Waals surface area (Å²) in [5.74, 6) is 1.19. The van der Waals surface area contributed by atoms with Gasteiger partial charge in [0.15, 0.2) is 0 Å². The van der Waals surface area contributed by atoms with Crippen LogP contribution in [0.2, 0.25) is 0 Å². The largest absolute Gasteiger partial charge is 0.356 e. The summed E-state index contributed by atoms with van der Waals surface area (Å²) in [5.41, 5.74) is 9.72. The molecule has 202 valence electrons. The Morgan fingerprint density at radius 3 is 2.62 bits per heavy atom. The summed E-state index contributed by atoms with van der Waals surface area (Å²) in [6.07, 6.45) is 4.86. The number of piperidine rings is 1. The molecule has 0 radical (unpaired) electrons. The van der Waals surface area contributed by atoms with Crippen LogP contribution in [0.25, 0.3) is 22.3 Å². The molecule has 1 saturated heterocycles. The minimum Gasteiger partial charge on any atom is -0.356 e. The molecule has 1 aliphatic rings. The molecule has 3 N–H and O–H groups in total. The first-order valence-corrected chi connectivity index (χ1v) is 14.4. The van der Waals surface area contributed by atoms with E-state index in [-0.39, 0.29) is 18.3 Å². The predicted molar refractivity (Wildman–Crippen MR) is 155 cm³/mol. The summed E-state index contributed by atoms with van der Waals surface area (Å²) in [6.45, 7) is 6.78. The molecule has 7 nitrogen and oxygen atoms in total. The number of carbonyl (C=O) groups is 1. The van der Waals surface area contributed by atoms with Gasteiger partial charge in [-0.2, -0.15) is 0 Å². The van der Waals surface area contributed by atoms with Crippen molar-refractivity contribution in [3.8, 4) is 11.4 Å². The summed E-state index contributed by atoms with van der Waals surface area (Å²) in [6, 6.07) is 14.2. The first kappa shape index (κ1) is 27.0. The van der Waals surface area contributed by atoms with Gasteiger partial charge in [0.1, 0.15) is 11.6 Å². The number of nitrogens with two attached hydrogens (primary N) is 1. The average Bonchev–Trinajstić information content (AvgIpc) is 2.94. The molecule has 1 aliphatic heterocycles. The fourth-order valence-corrected chi connectivity index (χ4v) is 5.74. The quantitative estimate of drug-likeness (QED) is 0.300. The highest BCUT2D eigenvalue weighted by Crippen LogP contribution is 2.28. The first-order valence-electron chi connectivity index (χ1n) is 13.2. The molecule has 4 aromatic rings. The maximum atomic E-state index is 14.7. The molecule has 0 spiro atoms.